The Morgan fingerprint density at radius 2 is 1.75 bits per heavy atom. The molecule has 11 nitrogen and oxygen atoms in total. The summed E-state index contributed by atoms with van der Waals surface area (Å²) in [6.07, 6.45) is 4.70. The smallest absolute Gasteiger partial charge is 0.311 e. The Morgan fingerprint density at radius 1 is 1.10 bits per heavy atom. The van der Waals surface area contributed by atoms with Crippen LogP contribution in [0.1, 0.15) is 60.3 Å². The van der Waals surface area contributed by atoms with Crippen LogP contribution in [0.4, 0.5) is 5.95 Å². The minimum Gasteiger partial charge on any atom is -0.469 e. The number of hydrogen-bond acceptors (Lipinski definition) is 9. The van der Waals surface area contributed by atoms with Crippen LogP contribution in [0.2, 0.25) is 0 Å². The van der Waals surface area contributed by atoms with Crippen LogP contribution < -0.4 is 5.32 Å². The van der Waals surface area contributed by atoms with E-state index in [2.05, 4.69) is 29.1 Å². The van der Waals surface area contributed by atoms with Crippen molar-refractivity contribution >= 4 is 23.7 Å². The summed E-state index contributed by atoms with van der Waals surface area (Å²) in [5, 5.41) is 3.18. The molecule has 1 N–H and O–H groups in total. The molecule has 0 aliphatic carbocycles. The molecule has 1 aliphatic heterocycles. The minimum absolute atomic E-state index is 0.0351. The third-order valence-corrected chi connectivity index (χ3v) is 8.20. The molecule has 2 amide bonds. The Balaban J connectivity index is 2.27. The van der Waals surface area contributed by atoms with Crippen molar-refractivity contribution in [2.45, 2.75) is 90.6 Å². The standard InChI is InChI=1S/C29H49N5O6/c1-10-19(4)25(33(6)27(36)24(18(2)3)32-29-30-14-12-15-31-29)22(38-7)17-23(35)34-16-11-13-21(34)26(39-8)20(5)28(37)40-9/h12,14-15,18-22,24-26H,10-11,13,16-17H2,1-9H3,(H,30,31,32)/t19-,20+,21?,22+,24?,25-,26+/m0/s1. The topological polar surface area (TPSA) is 123 Å². The second-order valence-electron chi connectivity index (χ2n) is 11.1. The third kappa shape index (κ3) is 8.13. The number of likely N-dealkylation sites (N-methyl/N-ethyl adjacent to an activating group) is 1. The summed E-state index contributed by atoms with van der Waals surface area (Å²) in [6, 6.07) is 0.571. The lowest BCUT2D eigenvalue weighted by Gasteiger charge is -2.40. The molecular weight excluding hydrogens is 514 g/mol. The van der Waals surface area contributed by atoms with Gasteiger partial charge in [-0.2, -0.15) is 0 Å². The fourth-order valence-corrected chi connectivity index (χ4v) is 5.72. The SMILES string of the molecule is CC[C@H](C)[C@@H]([C@@H](CC(=O)N1CCCC1[C@H](OC)[C@@H](C)C(=O)OC)OC)N(C)C(=O)C(Nc1ncccn1)C(C)C. The molecule has 0 spiro atoms. The predicted molar refractivity (Wildman–Crippen MR) is 152 cm³/mol. The van der Waals surface area contributed by atoms with Crippen LogP contribution in [-0.4, -0.2) is 103 Å². The Labute approximate surface area is 239 Å². The number of amides is 2. The largest absolute Gasteiger partial charge is 0.469 e. The Hall–Kier alpha value is -2.79. The highest BCUT2D eigenvalue weighted by Crippen LogP contribution is 2.29. The summed E-state index contributed by atoms with van der Waals surface area (Å²) in [7, 11) is 6.27. The van der Waals surface area contributed by atoms with Crippen molar-refractivity contribution in [2.75, 3.05) is 40.2 Å². The van der Waals surface area contributed by atoms with Gasteiger partial charge in [-0.05, 0) is 37.7 Å². The minimum atomic E-state index is -0.558. The number of carbonyl (C=O) groups excluding carboxylic acids is 3. The van der Waals surface area contributed by atoms with Gasteiger partial charge in [0.1, 0.15) is 6.04 Å². The van der Waals surface area contributed by atoms with Gasteiger partial charge in [-0.1, -0.05) is 34.1 Å². The zero-order valence-electron chi connectivity index (χ0n) is 25.6. The van der Waals surface area contributed by atoms with Crippen LogP contribution in [0.3, 0.4) is 0 Å². The highest BCUT2D eigenvalue weighted by atomic mass is 16.5. The average Bonchev–Trinajstić information content (AvgIpc) is 3.44. The maximum Gasteiger partial charge on any atom is 0.311 e. The fraction of sp³-hybridized carbons (Fsp3) is 0.759. The lowest BCUT2D eigenvalue weighted by atomic mass is 9.89. The first-order valence-corrected chi connectivity index (χ1v) is 14.2. The van der Waals surface area contributed by atoms with Crippen molar-refractivity contribution in [3.05, 3.63) is 18.5 Å². The summed E-state index contributed by atoms with van der Waals surface area (Å²) < 4.78 is 16.6. The van der Waals surface area contributed by atoms with Gasteiger partial charge in [-0.15, -0.1) is 0 Å². The quantitative estimate of drug-likeness (QED) is 0.321. The number of anilines is 1. The summed E-state index contributed by atoms with van der Waals surface area (Å²) in [5.74, 6) is -0.675. The van der Waals surface area contributed by atoms with Gasteiger partial charge in [0.25, 0.3) is 0 Å². The van der Waals surface area contributed by atoms with Crippen molar-refractivity contribution in [1.29, 1.82) is 0 Å². The van der Waals surface area contributed by atoms with E-state index < -0.39 is 24.2 Å². The van der Waals surface area contributed by atoms with Gasteiger partial charge in [-0.3, -0.25) is 14.4 Å². The van der Waals surface area contributed by atoms with Crippen molar-refractivity contribution in [2.24, 2.45) is 17.8 Å². The lowest BCUT2D eigenvalue weighted by molar-refractivity contribution is -0.154. The Morgan fingerprint density at radius 3 is 2.27 bits per heavy atom. The summed E-state index contributed by atoms with van der Waals surface area (Å²) >= 11 is 0. The maximum absolute atomic E-state index is 13.9. The molecule has 1 aliphatic rings. The normalized spacial score (nSPS) is 19.9. The maximum atomic E-state index is 13.9. The molecule has 0 bridgehead atoms. The highest BCUT2D eigenvalue weighted by molar-refractivity contribution is 5.85. The third-order valence-electron chi connectivity index (χ3n) is 8.20. The number of carbonyl (C=O) groups is 3. The second-order valence-corrected chi connectivity index (χ2v) is 11.1. The molecule has 1 fully saturated rings. The van der Waals surface area contributed by atoms with Crippen LogP contribution in [0, 0.1) is 17.8 Å². The van der Waals surface area contributed by atoms with E-state index in [-0.39, 0.29) is 48.1 Å². The molecule has 1 saturated heterocycles. The van der Waals surface area contributed by atoms with E-state index in [0.717, 1.165) is 19.3 Å². The number of likely N-dealkylation sites (tertiary alicyclic amines) is 1. The fourth-order valence-electron chi connectivity index (χ4n) is 5.72. The average molecular weight is 564 g/mol. The number of hydrogen-bond donors (Lipinski definition) is 1. The van der Waals surface area contributed by atoms with Crippen LogP contribution in [0.5, 0.6) is 0 Å². The molecule has 2 rings (SSSR count). The second kappa shape index (κ2) is 15.9. The van der Waals surface area contributed by atoms with E-state index in [0.29, 0.717) is 12.5 Å². The van der Waals surface area contributed by atoms with E-state index in [1.54, 1.807) is 56.5 Å². The van der Waals surface area contributed by atoms with Crippen LogP contribution in [0.25, 0.3) is 0 Å². The van der Waals surface area contributed by atoms with Gasteiger partial charge < -0.3 is 29.3 Å². The first-order valence-electron chi connectivity index (χ1n) is 14.2. The number of esters is 1. The van der Waals surface area contributed by atoms with Gasteiger partial charge in [0.05, 0.1) is 43.7 Å². The summed E-state index contributed by atoms with van der Waals surface area (Å²) in [4.78, 5) is 51.8. The molecule has 2 heterocycles. The first kappa shape index (κ1) is 33.4. The number of ether oxygens (including phenoxy) is 3. The molecule has 0 radical (unpaired) electrons. The monoisotopic (exact) mass is 563 g/mol. The van der Waals surface area contributed by atoms with E-state index in [1.165, 1.54) is 7.11 Å². The number of aromatic nitrogens is 2. The van der Waals surface area contributed by atoms with Gasteiger partial charge in [0, 0.05) is 40.2 Å². The molecule has 226 valence electrons. The van der Waals surface area contributed by atoms with Crippen molar-refractivity contribution in [3.8, 4) is 0 Å². The van der Waals surface area contributed by atoms with E-state index in [4.69, 9.17) is 14.2 Å². The molecule has 2 unspecified atom stereocenters. The Kier molecular flexibility index (Phi) is 13.2. The molecule has 0 saturated carbocycles. The van der Waals surface area contributed by atoms with Crippen molar-refractivity contribution in [3.63, 3.8) is 0 Å². The molecule has 1 aromatic rings. The van der Waals surface area contributed by atoms with Gasteiger partial charge >= 0.3 is 5.97 Å². The van der Waals surface area contributed by atoms with E-state index >= 15 is 0 Å². The summed E-state index contributed by atoms with van der Waals surface area (Å²) in [6.45, 7) is 10.4. The number of methoxy groups -OCH3 is 3. The lowest BCUT2D eigenvalue weighted by Crippen LogP contribution is -2.56. The first-order chi connectivity index (χ1) is 19.0. The van der Waals surface area contributed by atoms with E-state index in [1.807, 2.05) is 13.8 Å². The number of nitrogens with one attached hydrogen (secondary N) is 1. The van der Waals surface area contributed by atoms with Crippen LogP contribution >= 0.6 is 0 Å². The molecular formula is C29H49N5O6. The highest BCUT2D eigenvalue weighted by Gasteiger charge is 2.42. The van der Waals surface area contributed by atoms with Crippen LogP contribution in [-0.2, 0) is 28.6 Å². The summed E-state index contributed by atoms with van der Waals surface area (Å²) in [5.41, 5.74) is 0. The van der Waals surface area contributed by atoms with E-state index in [9.17, 15) is 14.4 Å². The Bertz CT molecular complexity index is 948. The molecule has 1 aromatic heterocycles. The molecule has 0 aromatic carbocycles. The van der Waals surface area contributed by atoms with Crippen LogP contribution in [0.15, 0.2) is 18.5 Å². The predicted octanol–water partition coefficient (Wildman–Crippen LogP) is 3.01. The van der Waals surface area contributed by atoms with Gasteiger partial charge in [0.2, 0.25) is 17.8 Å². The molecule has 11 heteroatoms. The van der Waals surface area contributed by atoms with Crippen molar-refractivity contribution in [1.82, 2.24) is 19.8 Å². The molecule has 40 heavy (non-hydrogen) atoms. The number of nitrogens with zero attached hydrogens (tertiary/aromatic N) is 4. The zero-order chi connectivity index (χ0) is 30.0. The zero-order valence-corrected chi connectivity index (χ0v) is 25.6. The van der Waals surface area contributed by atoms with Gasteiger partial charge in [-0.25, -0.2) is 9.97 Å². The van der Waals surface area contributed by atoms with Crippen molar-refractivity contribution < 1.29 is 28.6 Å². The van der Waals surface area contributed by atoms with Gasteiger partial charge in [0.15, 0.2) is 0 Å². The molecule has 7 atom stereocenters. The number of rotatable bonds is 15.